The van der Waals surface area contributed by atoms with Crippen LogP contribution in [0.15, 0.2) is 67.3 Å². The largest absolute Gasteiger partial charge is 0.462 e. The quantitative estimate of drug-likeness (QED) is 0.0668. The number of esters is 2. The molecule has 4 aromatic rings. The second-order valence-corrected chi connectivity index (χ2v) is 15.5. The molecule has 1 saturated carbocycles. The zero-order valence-electron chi connectivity index (χ0n) is 30.9. The predicted molar refractivity (Wildman–Crippen MR) is 199 cm³/mol. The highest BCUT2D eigenvalue weighted by atomic mass is 31.2. The van der Waals surface area contributed by atoms with Gasteiger partial charge in [0, 0.05) is 6.42 Å². The van der Waals surface area contributed by atoms with Gasteiger partial charge in [0.25, 0.3) is 0 Å². The molecule has 0 aliphatic heterocycles. The second-order valence-electron chi connectivity index (χ2n) is 13.5. The average Bonchev–Trinajstić information content (AvgIpc) is 3.81. The van der Waals surface area contributed by atoms with Crippen molar-refractivity contribution in [1.82, 2.24) is 29.9 Å². The van der Waals surface area contributed by atoms with Crippen molar-refractivity contribution >= 4 is 42.5 Å². The summed E-state index contributed by atoms with van der Waals surface area (Å²) in [5.74, 6) is -0.700. The molecule has 4 N–H and O–H groups in total. The molecule has 1 fully saturated rings. The van der Waals surface area contributed by atoms with Crippen molar-refractivity contribution in [2.75, 3.05) is 12.1 Å². The average molecular weight is 766 g/mol. The fourth-order valence-corrected chi connectivity index (χ4v) is 7.59. The normalized spacial score (nSPS) is 15.9. The van der Waals surface area contributed by atoms with Crippen molar-refractivity contribution in [3.63, 3.8) is 0 Å². The van der Waals surface area contributed by atoms with Crippen LogP contribution in [0.25, 0.3) is 11.2 Å². The number of imidazole rings is 1. The highest BCUT2D eigenvalue weighted by molar-refractivity contribution is 7.57. The van der Waals surface area contributed by atoms with Gasteiger partial charge in [-0.1, -0.05) is 42.5 Å². The van der Waals surface area contributed by atoms with Crippen molar-refractivity contribution in [2.24, 2.45) is 0 Å². The molecule has 1 aliphatic rings. The maximum absolute atomic E-state index is 14.3. The Kier molecular flexibility index (Phi) is 14.0. The van der Waals surface area contributed by atoms with Crippen LogP contribution >= 0.6 is 7.52 Å². The first kappa shape index (κ1) is 40.1. The molecule has 0 bridgehead atoms. The minimum absolute atomic E-state index is 0.0397. The molecule has 0 unspecified atom stereocenters. The Morgan fingerprint density at radius 2 is 1.67 bits per heavy atom. The van der Waals surface area contributed by atoms with E-state index in [1.807, 2.05) is 30.3 Å². The van der Waals surface area contributed by atoms with E-state index in [1.165, 1.54) is 13.3 Å². The Hall–Kier alpha value is -5.05. The number of amides is 1. The summed E-state index contributed by atoms with van der Waals surface area (Å²) < 4.78 is 44.5. The summed E-state index contributed by atoms with van der Waals surface area (Å²) >= 11 is 0. The molecule has 2 aromatic heterocycles. The predicted octanol–water partition coefficient (Wildman–Crippen LogP) is 5.30. The number of nitrogens with zero attached hydrogens (tertiary/aromatic N) is 4. The van der Waals surface area contributed by atoms with Gasteiger partial charge in [-0.05, 0) is 76.6 Å². The molecule has 290 valence electrons. The van der Waals surface area contributed by atoms with Gasteiger partial charge in [0.1, 0.15) is 48.7 Å². The number of hydrogen-bond donors (Lipinski definition) is 3. The molecule has 2 heterocycles. The summed E-state index contributed by atoms with van der Waals surface area (Å²) in [6.45, 7) is 7.08. The van der Waals surface area contributed by atoms with E-state index in [1.54, 1.807) is 55.9 Å². The number of nitrogen functional groups attached to an aromatic ring is 1. The lowest BCUT2D eigenvalue weighted by atomic mass is 10.1. The van der Waals surface area contributed by atoms with Crippen LogP contribution in [-0.4, -0.2) is 74.3 Å². The third-order valence-corrected chi connectivity index (χ3v) is 10.3. The first-order valence-corrected chi connectivity index (χ1v) is 19.7. The third kappa shape index (κ3) is 11.7. The highest BCUT2D eigenvalue weighted by Gasteiger charge is 2.33. The lowest BCUT2D eigenvalue weighted by molar-refractivity contribution is -0.151. The van der Waals surface area contributed by atoms with E-state index < -0.39 is 50.1 Å². The van der Waals surface area contributed by atoms with Crippen LogP contribution in [0.3, 0.4) is 0 Å². The lowest BCUT2D eigenvalue weighted by Gasteiger charge is -2.25. The number of hydrogen-bond acceptors (Lipinski definition) is 13. The van der Waals surface area contributed by atoms with Crippen LogP contribution in [-0.2, 0) is 52.7 Å². The Bertz CT molecular complexity index is 1900. The van der Waals surface area contributed by atoms with Crippen LogP contribution in [0.2, 0.25) is 0 Å². The molecule has 0 saturated heterocycles. The molecule has 0 radical (unpaired) electrons. The van der Waals surface area contributed by atoms with Crippen LogP contribution in [0.1, 0.15) is 64.5 Å². The van der Waals surface area contributed by atoms with Crippen LogP contribution < -0.4 is 20.7 Å². The van der Waals surface area contributed by atoms with Crippen LogP contribution in [0.5, 0.6) is 5.75 Å². The topological polar surface area (TPSA) is 208 Å². The molecule has 2 aromatic carbocycles. The Morgan fingerprint density at radius 3 is 2.37 bits per heavy atom. The Balaban J connectivity index is 1.26. The number of carbonyl (C=O) groups excluding carboxylic acids is 3. The van der Waals surface area contributed by atoms with Crippen molar-refractivity contribution in [1.29, 1.82) is 0 Å². The fourth-order valence-electron chi connectivity index (χ4n) is 5.80. The minimum Gasteiger partial charge on any atom is -0.462 e. The van der Waals surface area contributed by atoms with E-state index in [0.29, 0.717) is 23.3 Å². The molecule has 1 amide bonds. The summed E-state index contributed by atoms with van der Waals surface area (Å²) in [4.78, 5) is 51.2. The molecular weight excluding hydrogens is 717 g/mol. The van der Waals surface area contributed by atoms with Crippen molar-refractivity contribution in [3.8, 4) is 5.75 Å². The number of aromatic nitrogens is 4. The molecule has 5 rings (SSSR count). The van der Waals surface area contributed by atoms with Gasteiger partial charge < -0.3 is 39.1 Å². The number of carbonyl (C=O) groups is 3. The summed E-state index contributed by atoms with van der Waals surface area (Å²) in [5, 5.41) is 5.46. The van der Waals surface area contributed by atoms with E-state index in [0.717, 1.165) is 31.2 Å². The Morgan fingerprint density at radius 1 is 0.944 bits per heavy atom. The number of ether oxygens (including phenoxy) is 4. The molecule has 1 aliphatic carbocycles. The van der Waals surface area contributed by atoms with Crippen molar-refractivity contribution < 1.29 is 42.4 Å². The van der Waals surface area contributed by atoms with Gasteiger partial charge in [0.2, 0.25) is 0 Å². The smallest absolute Gasteiger partial charge is 0.408 e. The minimum atomic E-state index is -3.91. The summed E-state index contributed by atoms with van der Waals surface area (Å²) in [6, 6.07) is 13.7. The summed E-state index contributed by atoms with van der Waals surface area (Å²) in [7, 11) is -3.91. The van der Waals surface area contributed by atoms with Gasteiger partial charge in [0.15, 0.2) is 11.5 Å². The number of benzene rings is 2. The second kappa shape index (κ2) is 18.8. The van der Waals surface area contributed by atoms with Crippen LogP contribution in [0, 0.1) is 0 Å². The van der Waals surface area contributed by atoms with Gasteiger partial charge >= 0.3 is 25.6 Å². The first-order valence-electron chi connectivity index (χ1n) is 17.9. The number of anilines is 1. The molecule has 0 spiro atoms. The number of nitrogens with one attached hydrogen (secondary N) is 2. The molecule has 4 atom stereocenters. The number of fused-ring (bicyclic) bond motifs is 1. The summed E-state index contributed by atoms with van der Waals surface area (Å²) in [5.41, 5.74) is 8.36. The van der Waals surface area contributed by atoms with Crippen molar-refractivity contribution in [3.05, 3.63) is 78.4 Å². The number of alkyl carbamates (subject to hydrolysis) is 1. The lowest BCUT2D eigenvalue weighted by Crippen LogP contribution is -2.44. The zero-order chi connectivity index (χ0) is 38.7. The van der Waals surface area contributed by atoms with E-state index in [2.05, 4.69) is 25.4 Å². The SMILES string of the molecule is CC(C)OC(=O)[C@H](C)N[P@@](=O)(CO[C@H](C)Cn1cnc2c(N)ncnc21)Oc1ccc(C[C@@H](NC(=O)OCc2ccccc2)C(=O)OC2CCCC2)cc1. The van der Waals surface area contributed by atoms with E-state index >= 15 is 0 Å². The highest BCUT2D eigenvalue weighted by Crippen LogP contribution is 2.44. The standard InChI is InChI=1S/C37H48N7O9P/c1-24(2)51-35(45)26(4)43-54(48,23-50-25(3)19-44-22-41-32-33(38)39-21-40-34(32)44)53-30-16-14-27(15-17-30)18-31(36(46)52-29-12-8-9-13-29)42-37(47)49-20-28-10-6-5-7-11-28/h5-7,10-11,14-17,21-22,24-26,29,31H,8-9,12-13,18-20,23H2,1-4H3,(H,42,47)(H,43,48)(H2,38,39,40)/t25-,26+,31-,54-/m1/s1. The van der Waals surface area contributed by atoms with Gasteiger partial charge in [0.05, 0.1) is 25.1 Å². The van der Waals surface area contributed by atoms with E-state index in [4.69, 9.17) is 29.2 Å². The van der Waals surface area contributed by atoms with Gasteiger partial charge in [-0.15, -0.1) is 0 Å². The molecule has 54 heavy (non-hydrogen) atoms. The van der Waals surface area contributed by atoms with Crippen LogP contribution in [0.4, 0.5) is 10.6 Å². The molecule has 16 nitrogen and oxygen atoms in total. The van der Waals surface area contributed by atoms with E-state index in [-0.39, 0.29) is 36.8 Å². The zero-order valence-corrected chi connectivity index (χ0v) is 31.8. The van der Waals surface area contributed by atoms with Gasteiger partial charge in [-0.2, -0.15) is 0 Å². The maximum atomic E-state index is 14.3. The maximum Gasteiger partial charge on any atom is 0.408 e. The number of nitrogens with two attached hydrogens (primary N) is 1. The van der Waals surface area contributed by atoms with Gasteiger partial charge in [-0.25, -0.2) is 29.6 Å². The third-order valence-electron chi connectivity index (χ3n) is 8.50. The number of rotatable bonds is 18. The van der Waals surface area contributed by atoms with Gasteiger partial charge in [-0.3, -0.25) is 9.36 Å². The molecule has 17 heteroatoms. The Labute approximate surface area is 314 Å². The monoisotopic (exact) mass is 765 g/mol. The first-order chi connectivity index (χ1) is 25.9. The van der Waals surface area contributed by atoms with Crippen molar-refractivity contribution in [2.45, 2.75) is 103 Å². The molecular formula is C37H48N7O9P. The summed E-state index contributed by atoms with van der Waals surface area (Å²) in [6.07, 6.45) is 4.29. The fraction of sp³-hybridized carbons (Fsp3) is 0.459. The van der Waals surface area contributed by atoms with E-state index in [9.17, 15) is 18.9 Å².